The first kappa shape index (κ1) is 31.8. The SMILES string of the molecule is C=CC/C(OCCCN1CCC2(CC1)COC2)=C(\C=C1/CN=CN=C1Oc1ccc(NC(=O)Nc2ccsc2)c(Cl)c1)OC. The van der Waals surface area contributed by atoms with Crippen LogP contribution in [0.3, 0.4) is 0 Å². The van der Waals surface area contributed by atoms with Crippen LogP contribution in [0, 0.1) is 5.41 Å². The summed E-state index contributed by atoms with van der Waals surface area (Å²) < 4.78 is 23.5. The Morgan fingerprint density at radius 1 is 1.25 bits per heavy atom. The summed E-state index contributed by atoms with van der Waals surface area (Å²) in [5.41, 5.74) is 2.31. The highest BCUT2D eigenvalue weighted by atomic mass is 35.5. The highest BCUT2D eigenvalue weighted by Gasteiger charge is 2.40. The average Bonchev–Trinajstić information content (AvgIpc) is 3.52. The number of likely N-dealkylation sites (tertiary alicyclic amines) is 1. The van der Waals surface area contributed by atoms with Gasteiger partial charge in [-0.15, -0.1) is 6.58 Å². The number of hydrogen-bond donors (Lipinski definition) is 2. The van der Waals surface area contributed by atoms with Crippen LogP contribution in [0.2, 0.25) is 5.02 Å². The van der Waals surface area contributed by atoms with Gasteiger partial charge in [0.15, 0.2) is 5.76 Å². The van der Waals surface area contributed by atoms with Gasteiger partial charge in [0.2, 0.25) is 5.90 Å². The maximum atomic E-state index is 12.3. The van der Waals surface area contributed by atoms with Crippen LogP contribution in [0.4, 0.5) is 16.2 Å². The van der Waals surface area contributed by atoms with Crippen molar-refractivity contribution in [1.82, 2.24) is 4.90 Å². The van der Waals surface area contributed by atoms with Crippen molar-refractivity contribution in [1.29, 1.82) is 0 Å². The van der Waals surface area contributed by atoms with Gasteiger partial charge >= 0.3 is 6.03 Å². The maximum Gasteiger partial charge on any atom is 0.323 e. The van der Waals surface area contributed by atoms with Crippen LogP contribution in [0.1, 0.15) is 25.7 Å². The molecule has 3 aliphatic heterocycles. The minimum Gasteiger partial charge on any atom is -0.494 e. The van der Waals surface area contributed by atoms with E-state index in [-0.39, 0.29) is 0 Å². The Balaban J connectivity index is 1.18. The molecule has 0 unspecified atom stereocenters. The van der Waals surface area contributed by atoms with Crippen molar-refractivity contribution >= 4 is 52.6 Å². The molecule has 2 aromatic rings. The van der Waals surface area contributed by atoms with Gasteiger partial charge in [-0.1, -0.05) is 17.7 Å². The lowest BCUT2D eigenvalue weighted by Crippen LogP contribution is -2.51. The summed E-state index contributed by atoms with van der Waals surface area (Å²) in [5.74, 6) is 2.07. The van der Waals surface area contributed by atoms with Gasteiger partial charge in [-0.25, -0.2) is 9.79 Å². The number of nitrogens with zero attached hydrogens (tertiary/aromatic N) is 3. The van der Waals surface area contributed by atoms with Gasteiger partial charge < -0.3 is 34.5 Å². The van der Waals surface area contributed by atoms with E-state index in [1.807, 2.05) is 22.9 Å². The van der Waals surface area contributed by atoms with E-state index in [1.165, 1.54) is 30.5 Å². The summed E-state index contributed by atoms with van der Waals surface area (Å²) in [4.78, 5) is 23.5. The average molecular weight is 640 g/mol. The molecule has 0 atom stereocenters. The number of carbonyl (C=O) groups is 1. The molecule has 5 rings (SSSR count). The number of halogens is 1. The standard InChI is InChI=1S/C32H38ClN5O5S/c1-3-5-28(42-14-4-11-38-12-9-32(10-13-38)20-41-21-32)29(40-2)16-23-18-34-22-35-30(23)43-25-6-7-27(26(33)17-25)37-31(39)36-24-8-15-44-19-24/h3,6-8,15-17,19,22H,1,4-5,9-14,18,20-21H2,2H3,(H2,36,37,39)/b23-16+,29-28-. The number of anilines is 2. The molecule has 44 heavy (non-hydrogen) atoms. The third-order valence-corrected chi connectivity index (χ3v) is 8.73. The fourth-order valence-electron chi connectivity index (χ4n) is 5.16. The van der Waals surface area contributed by atoms with Crippen LogP contribution in [0.15, 0.2) is 80.8 Å². The van der Waals surface area contributed by atoms with Crippen molar-refractivity contribution in [3.63, 3.8) is 0 Å². The molecular weight excluding hydrogens is 602 g/mol. The first-order valence-corrected chi connectivity index (χ1v) is 15.9. The summed E-state index contributed by atoms with van der Waals surface area (Å²) in [5, 5.41) is 9.54. The van der Waals surface area contributed by atoms with Crippen LogP contribution in [0.25, 0.3) is 0 Å². The molecule has 234 valence electrons. The molecular formula is C32H38ClN5O5S. The van der Waals surface area contributed by atoms with E-state index in [2.05, 4.69) is 32.1 Å². The number of rotatable bonds is 12. The van der Waals surface area contributed by atoms with Crippen LogP contribution in [-0.2, 0) is 14.2 Å². The second-order valence-electron chi connectivity index (χ2n) is 10.9. The Labute approximate surface area is 267 Å². The van der Waals surface area contributed by atoms with Gasteiger partial charge in [-0.05, 0) is 62.0 Å². The number of amides is 2. The van der Waals surface area contributed by atoms with E-state index in [0.29, 0.717) is 70.1 Å². The first-order valence-electron chi connectivity index (χ1n) is 14.6. The number of carbonyl (C=O) groups excluding carboxylic acids is 1. The number of urea groups is 1. The third kappa shape index (κ3) is 8.50. The third-order valence-electron chi connectivity index (χ3n) is 7.73. The number of hydrogen-bond acceptors (Lipinski definition) is 9. The molecule has 0 radical (unpaired) electrons. The summed E-state index contributed by atoms with van der Waals surface area (Å²) in [6.45, 7) is 9.89. The molecule has 0 bridgehead atoms. The predicted octanol–water partition coefficient (Wildman–Crippen LogP) is 6.74. The van der Waals surface area contributed by atoms with Crippen molar-refractivity contribution in [2.75, 3.05) is 63.7 Å². The lowest BCUT2D eigenvalue weighted by molar-refractivity contribution is -0.139. The lowest BCUT2D eigenvalue weighted by Gasteiger charge is -2.47. The number of thiophene rings is 1. The molecule has 3 aliphatic rings. The topological polar surface area (TPSA) is 106 Å². The molecule has 1 aromatic heterocycles. The summed E-state index contributed by atoms with van der Waals surface area (Å²) in [6.07, 6.45) is 8.94. The number of ether oxygens (including phenoxy) is 4. The Morgan fingerprint density at radius 2 is 2.09 bits per heavy atom. The van der Waals surface area contributed by atoms with E-state index in [9.17, 15) is 4.79 Å². The normalized spacial score (nSPS) is 19.0. The van der Waals surface area contributed by atoms with Crippen molar-refractivity contribution in [2.45, 2.75) is 25.7 Å². The minimum absolute atomic E-state index is 0.318. The second-order valence-corrected chi connectivity index (χ2v) is 12.1. The summed E-state index contributed by atoms with van der Waals surface area (Å²) in [6, 6.07) is 6.42. The molecule has 2 amide bonds. The largest absolute Gasteiger partial charge is 0.494 e. The lowest BCUT2D eigenvalue weighted by atomic mass is 9.77. The smallest absolute Gasteiger partial charge is 0.323 e. The Morgan fingerprint density at radius 3 is 2.77 bits per heavy atom. The zero-order valence-corrected chi connectivity index (χ0v) is 26.4. The fourth-order valence-corrected chi connectivity index (χ4v) is 5.97. The molecule has 2 fully saturated rings. The number of nitrogens with one attached hydrogen (secondary N) is 2. The zero-order valence-electron chi connectivity index (χ0n) is 24.9. The molecule has 4 heterocycles. The fraction of sp³-hybridized carbons (Fsp3) is 0.406. The van der Waals surface area contributed by atoms with E-state index in [4.69, 9.17) is 30.5 Å². The molecule has 0 saturated carbocycles. The van der Waals surface area contributed by atoms with E-state index in [0.717, 1.165) is 39.3 Å². The van der Waals surface area contributed by atoms with Crippen LogP contribution < -0.4 is 15.4 Å². The van der Waals surface area contributed by atoms with Gasteiger partial charge in [-0.2, -0.15) is 11.3 Å². The van der Waals surface area contributed by atoms with E-state index >= 15 is 0 Å². The highest BCUT2D eigenvalue weighted by Crippen LogP contribution is 2.38. The molecule has 2 saturated heterocycles. The van der Waals surface area contributed by atoms with Crippen LogP contribution in [0.5, 0.6) is 5.75 Å². The van der Waals surface area contributed by atoms with Crippen molar-refractivity contribution < 1.29 is 23.7 Å². The quantitative estimate of drug-likeness (QED) is 0.151. The molecule has 10 nitrogen and oxygen atoms in total. The summed E-state index contributed by atoms with van der Waals surface area (Å²) in [7, 11) is 1.61. The van der Waals surface area contributed by atoms with E-state index < -0.39 is 6.03 Å². The number of benzene rings is 1. The first-order chi connectivity index (χ1) is 21.5. The zero-order chi connectivity index (χ0) is 30.8. The molecule has 0 aliphatic carbocycles. The van der Waals surface area contributed by atoms with E-state index in [1.54, 1.807) is 31.4 Å². The minimum atomic E-state index is -0.391. The van der Waals surface area contributed by atoms with Crippen molar-refractivity contribution in [2.24, 2.45) is 15.4 Å². The summed E-state index contributed by atoms with van der Waals surface area (Å²) >= 11 is 7.95. The number of piperidine rings is 1. The van der Waals surface area contributed by atoms with Gasteiger partial charge in [0, 0.05) is 35.4 Å². The monoisotopic (exact) mass is 639 g/mol. The predicted molar refractivity (Wildman–Crippen MR) is 176 cm³/mol. The van der Waals surface area contributed by atoms with Crippen molar-refractivity contribution in [3.8, 4) is 5.75 Å². The number of methoxy groups -OCH3 is 1. The van der Waals surface area contributed by atoms with Crippen molar-refractivity contribution in [3.05, 3.63) is 75.9 Å². The Hall–Kier alpha value is -3.64. The number of allylic oxidation sites excluding steroid dienone is 2. The second kappa shape index (κ2) is 15.4. The Bertz CT molecular complexity index is 1420. The molecule has 12 heteroatoms. The highest BCUT2D eigenvalue weighted by molar-refractivity contribution is 7.08. The van der Waals surface area contributed by atoms with Crippen LogP contribution >= 0.6 is 22.9 Å². The van der Waals surface area contributed by atoms with Gasteiger partial charge in [0.1, 0.15) is 17.8 Å². The van der Waals surface area contributed by atoms with Gasteiger partial charge in [-0.3, -0.25) is 4.99 Å². The number of aliphatic imine (C=N–C) groups is 2. The van der Waals surface area contributed by atoms with Gasteiger partial charge in [0.25, 0.3) is 0 Å². The molecule has 2 N–H and O–H groups in total. The maximum absolute atomic E-state index is 12.3. The van der Waals surface area contributed by atoms with Crippen LogP contribution in [-0.4, -0.2) is 76.3 Å². The molecule has 1 aromatic carbocycles. The van der Waals surface area contributed by atoms with Gasteiger partial charge in [0.05, 0.1) is 49.9 Å². The molecule has 1 spiro atoms. The Kier molecular flexibility index (Phi) is 11.1.